The highest BCUT2D eigenvalue weighted by atomic mass is 16.5. The Balaban J connectivity index is 2.63. The molecule has 0 aromatic heterocycles. The largest absolute Gasteiger partial charge is 0.481 e. The smallest absolute Gasteiger partial charge is 0.309 e. The van der Waals surface area contributed by atoms with E-state index in [4.69, 9.17) is 9.84 Å². The van der Waals surface area contributed by atoms with Gasteiger partial charge in [0.15, 0.2) is 0 Å². The molecule has 15 heavy (non-hydrogen) atoms. The van der Waals surface area contributed by atoms with Gasteiger partial charge in [0, 0.05) is 0 Å². The molecule has 0 aliphatic heterocycles. The molecule has 0 spiro atoms. The molecule has 1 fully saturated rings. The summed E-state index contributed by atoms with van der Waals surface area (Å²) in [5, 5.41) is 8.90. The summed E-state index contributed by atoms with van der Waals surface area (Å²) in [6.07, 6.45) is 1.88. The summed E-state index contributed by atoms with van der Waals surface area (Å²) >= 11 is 0. The van der Waals surface area contributed by atoms with Crippen LogP contribution in [0.15, 0.2) is 0 Å². The van der Waals surface area contributed by atoms with Crippen LogP contribution < -0.4 is 0 Å². The number of hydrogen-bond donors (Lipinski definition) is 1. The number of esters is 1. The SMILES string of the molecule is CCOC(=O)C1CC(C(=O)O)CC1CC. The first-order valence-corrected chi connectivity index (χ1v) is 5.49. The monoisotopic (exact) mass is 214 g/mol. The van der Waals surface area contributed by atoms with Crippen molar-refractivity contribution in [2.45, 2.75) is 33.1 Å². The second-order valence-corrected chi connectivity index (χ2v) is 4.03. The molecule has 1 aliphatic carbocycles. The van der Waals surface area contributed by atoms with Crippen molar-refractivity contribution in [2.75, 3.05) is 6.61 Å². The van der Waals surface area contributed by atoms with Crippen molar-refractivity contribution in [3.05, 3.63) is 0 Å². The van der Waals surface area contributed by atoms with Crippen LogP contribution in [-0.4, -0.2) is 23.7 Å². The summed E-state index contributed by atoms with van der Waals surface area (Å²) in [5.74, 6) is -1.43. The van der Waals surface area contributed by atoms with Crippen LogP contribution >= 0.6 is 0 Å². The third kappa shape index (κ3) is 2.70. The summed E-state index contributed by atoms with van der Waals surface area (Å²) in [7, 11) is 0. The van der Waals surface area contributed by atoms with Crippen molar-refractivity contribution in [3.63, 3.8) is 0 Å². The van der Waals surface area contributed by atoms with Crippen LogP contribution in [0.1, 0.15) is 33.1 Å². The van der Waals surface area contributed by atoms with E-state index >= 15 is 0 Å². The first-order chi connectivity index (χ1) is 7.10. The highest BCUT2D eigenvalue weighted by molar-refractivity contribution is 5.76. The fourth-order valence-corrected chi connectivity index (χ4v) is 2.32. The molecule has 0 aromatic rings. The van der Waals surface area contributed by atoms with Gasteiger partial charge >= 0.3 is 11.9 Å². The van der Waals surface area contributed by atoms with Crippen molar-refractivity contribution in [1.82, 2.24) is 0 Å². The maximum absolute atomic E-state index is 11.6. The van der Waals surface area contributed by atoms with E-state index in [-0.39, 0.29) is 23.7 Å². The minimum absolute atomic E-state index is 0.171. The first kappa shape index (κ1) is 12.0. The Bertz CT molecular complexity index is 249. The lowest BCUT2D eigenvalue weighted by molar-refractivity contribution is -0.149. The predicted octanol–water partition coefficient (Wildman–Crippen LogP) is 1.69. The Hall–Kier alpha value is -1.06. The molecular formula is C11H18O4. The van der Waals surface area contributed by atoms with Gasteiger partial charge in [-0.1, -0.05) is 13.3 Å². The number of carboxylic acids is 1. The van der Waals surface area contributed by atoms with E-state index in [0.717, 1.165) is 6.42 Å². The third-order valence-electron chi connectivity index (χ3n) is 3.16. The summed E-state index contributed by atoms with van der Waals surface area (Å²) < 4.78 is 4.95. The lowest BCUT2D eigenvalue weighted by Gasteiger charge is -2.15. The molecule has 0 radical (unpaired) electrons. The van der Waals surface area contributed by atoms with Crippen molar-refractivity contribution in [2.24, 2.45) is 17.8 Å². The molecule has 1 rings (SSSR count). The zero-order valence-corrected chi connectivity index (χ0v) is 9.23. The van der Waals surface area contributed by atoms with Gasteiger partial charge in [-0.2, -0.15) is 0 Å². The molecule has 1 N–H and O–H groups in total. The van der Waals surface area contributed by atoms with Gasteiger partial charge in [-0.3, -0.25) is 9.59 Å². The van der Waals surface area contributed by atoms with Crippen molar-refractivity contribution >= 4 is 11.9 Å². The molecule has 1 saturated carbocycles. The Kier molecular flexibility index (Phi) is 4.12. The summed E-state index contributed by atoms with van der Waals surface area (Å²) in [6.45, 7) is 4.12. The molecule has 0 heterocycles. The highest BCUT2D eigenvalue weighted by Crippen LogP contribution is 2.39. The number of carbonyl (C=O) groups is 2. The van der Waals surface area contributed by atoms with Crippen LogP contribution in [0.3, 0.4) is 0 Å². The van der Waals surface area contributed by atoms with E-state index in [2.05, 4.69) is 0 Å². The molecule has 4 heteroatoms. The van der Waals surface area contributed by atoms with Crippen molar-refractivity contribution < 1.29 is 19.4 Å². The Labute approximate surface area is 89.6 Å². The van der Waals surface area contributed by atoms with E-state index < -0.39 is 5.97 Å². The van der Waals surface area contributed by atoms with Gasteiger partial charge in [-0.05, 0) is 25.7 Å². The molecule has 0 bridgehead atoms. The molecule has 0 amide bonds. The van der Waals surface area contributed by atoms with Crippen LogP contribution in [0.5, 0.6) is 0 Å². The molecule has 0 saturated heterocycles. The maximum Gasteiger partial charge on any atom is 0.309 e. The molecule has 0 aromatic carbocycles. The number of carboxylic acid groups (broad SMARTS) is 1. The van der Waals surface area contributed by atoms with E-state index in [1.165, 1.54) is 0 Å². The molecule has 4 nitrogen and oxygen atoms in total. The number of carbonyl (C=O) groups excluding carboxylic acids is 1. The average molecular weight is 214 g/mol. The van der Waals surface area contributed by atoms with Gasteiger partial charge in [0.25, 0.3) is 0 Å². The fourth-order valence-electron chi connectivity index (χ4n) is 2.32. The summed E-state index contributed by atoms with van der Waals surface area (Å²) in [4.78, 5) is 22.4. The number of hydrogen-bond acceptors (Lipinski definition) is 3. The average Bonchev–Trinajstić information content (AvgIpc) is 2.61. The van der Waals surface area contributed by atoms with Gasteiger partial charge < -0.3 is 9.84 Å². The number of rotatable bonds is 4. The van der Waals surface area contributed by atoms with Crippen LogP contribution in [-0.2, 0) is 14.3 Å². The third-order valence-corrected chi connectivity index (χ3v) is 3.16. The van der Waals surface area contributed by atoms with E-state index in [1.807, 2.05) is 6.92 Å². The molecule has 1 aliphatic rings. The maximum atomic E-state index is 11.6. The Morgan fingerprint density at radius 3 is 2.47 bits per heavy atom. The van der Waals surface area contributed by atoms with Crippen LogP contribution in [0.4, 0.5) is 0 Å². The van der Waals surface area contributed by atoms with Gasteiger partial charge in [-0.25, -0.2) is 0 Å². The Morgan fingerprint density at radius 2 is 2.00 bits per heavy atom. The second-order valence-electron chi connectivity index (χ2n) is 4.03. The fraction of sp³-hybridized carbons (Fsp3) is 0.818. The van der Waals surface area contributed by atoms with Gasteiger partial charge in [0.05, 0.1) is 18.4 Å². The molecular weight excluding hydrogens is 196 g/mol. The number of aliphatic carboxylic acids is 1. The quantitative estimate of drug-likeness (QED) is 0.723. The van der Waals surface area contributed by atoms with Gasteiger partial charge in [0.1, 0.15) is 0 Å². The second kappa shape index (κ2) is 5.14. The zero-order valence-electron chi connectivity index (χ0n) is 9.23. The lowest BCUT2D eigenvalue weighted by atomic mass is 9.94. The van der Waals surface area contributed by atoms with E-state index in [1.54, 1.807) is 6.92 Å². The lowest BCUT2D eigenvalue weighted by Crippen LogP contribution is -2.21. The van der Waals surface area contributed by atoms with Gasteiger partial charge in [0.2, 0.25) is 0 Å². The number of ether oxygens (including phenoxy) is 1. The van der Waals surface area contributed by atoms with Crippen molar-refractivity contribution in [1.29, 1.82) is 0 Å². The normalized spacial score (nSPS) is 30.1. The zero-order chi connectivity index (χ0) is 11.4. The van der Waals surface area contributed by atoms with Crippen LogP contribution in [0.2, 0.25) is 0 Å². The Morgan fingerprint density at radius 1 is 1.33 bits per heavy atom. The molecule has 86 valence electrons. The topological polar surface area (TPSA) is 63.6 Å². The summed E-state index contributed by atoms with van der Waals surface area (Å²) in [6, 6.07) is 0. The summed E-state index contributed by atoms with van der Waals surface area (Å²) in [5.41, 5.74) is 0. The van der Waals surface area contributed by atoms with Crippen molar-refractivity contribution in [3.8, 4) is 0 Å². The van der Waals surface area contributed by atoms with E-state index in [0.29, 0.717) is 19.4 Å². The predicted molar refractivity (Wildman–Crippen MR) is 54.3 cm³/mol. The molecule has 3 atom stereocenters. The van der Waals surface area contributed by atoms with Crippen LogP contribution in [0.25, 0.3) is 0 Å². The van der Waals surface area contributed by atoms with Crippen LogP contribution in [0, 0.1) is 17.8 Å². The van der Waals surface area contributed by atoms with Gasteiger partial charge in [-0.15, -0.1) is 0 Å². The molecule has 3 unspecified atom stereocenters. The minimum Gasteiger partial charge on any atom is -0.481 e. The van der Waals surface area contributed by atoms with E-state index in [9.17, 15) is 9.59 Å². The highest BCUT2D eigenvalue weighted by Gasteiger charge is 2.41. The minimum atomic E-state index is -0.791. The standard InChI is InChI=1S/C11H18O4/c1-3-7-5-8(10(12)13)6-9(7)11(14)15-4-2/h7-9H,3-6H2,1-2H3,(H,12,13). The first-order valence-electron chi connectivity index (χ1n) is 5.49.